The quantitative estimate of drug-likeness (QED) is 0.401. The van der Waals surface area contributed by atoms with Gasteiger partial charge in [0.25, 0.3) is 5.91 Å². The predicted molar refractivity (Wildman–Crippen MR) is 125 cm³/mol. The molecule has 7 heteroatoms. The van der Waals surface area contributed by atoms with Crippen molar-refractivity contribution in [3.05, 3.63) is 98.8 Å². The van der Waals surface area contributed by atoms with Crippen molar-refractivity contribution in [2.45, 2.75) is 20.0 Å². The number of anilines is 1. The molecule has 0 fully saturated rings. The Labute approximate surface area is 190 Å². The zero-order chi connectivity index (χ0) is 22.8. The molecule has 0 aliphatic rings. The first-order valence-electron chi connectivity index (χ1n) is 10.1. The van der Waals surface area contributed by atoms with Gasteiger partial charge in [-0.15, -0.1) is 0 Å². The summed E-state index contributed by atoms with van der Waals surface area (Å²) in [5.41, 5.74) is 2.79. The molecule has 4 rings (SSSR count). The lowest BCUT2D eigenvalue weighted by molar-refractivity contribution is 0.0686. The van der Waals surface area contributed by atoms with Crippen molar-refractivity contribution < 1.29 is 13.6 Å². The lowest BCUT2D eigenvalue weighted by atomic mass is 10.1. The van der Waals surface area contributed by atoms with Crippen LogP contribution in [0.3, 0.4) is 0 Å². The van der Waals surface area contributed by atoms with E-state index in [-0.39, 0.29) is 17.7 Å². The third-order valence-electron chi connectivity index (χ3n) is 5.26. The highest BCUT2D eigenvalue weighted by Crippen LogP contribution is 2.23. The summed E-state index contributed by atoms with van der Waals surface area (Å²) in [5, 5.41) is 0.818. The van der Waals surface area contributed by atoms with Gasteiger partial charge in [0.2, 0.25) is 0 Å². The van der Waals surface area contributed by atoms with Gasteiger partial charge >= 0.3 is 0 Å². The Balaban J connectivity index is 1.69. The minimum Gasteiger partial charge on any atom is -0.467 e. The smallest absolute Gasteiger partial charge is 0.290 e. The second kappa shape index (κ2) is 8.93. The van der Waals surface area contributed by atoms with Crippen molar-refractivity contribution in [1.82, 2.24) is 4.90 Å². The van der Waals surface area contributed by atoms with Crippen LogP contribution in [0.2, 0.25) is 5.02 Å². The van der Waals surface area contributed by atoms with E-state index in [1.54, 1.807) is 35.4 Å². The number of hydrogen-bond acceptors (Lipinski definition) is 5. The Kier molecular flexibility index (Phi) is 6.06. The number of carbonyl (C=O) groups excluding carboxylic acids is 1. The van der Waals surface area contributed by atoms with E-state index in [9.17, 15) is 9.59 Å². The fourth-order valence-electron chi connectivity index (χ4n) is 3.45. The number of rotatable bonds is 6. The van der Waals surface area contributed by atoms with E-state index in [2.05, 4.69) is 0 Å². The van der Waals surface area contributed by atoms with E-state index in [0.29, 0.717) is 28.3 Å². The van der Waals surface area contributed by atoms with Crippen molar-refractivity contribution in [3.8, 4) is 0 Å². The summed E-state index contributed by atoms with van der Waals surface area (Å²) < 4.78 is 11.3. The van der Waals surface area contributed by atoms with E-state index in [1.807, 2.05) is 50.2 Å². The van der Waals surface area contributed by atoms with Crippen molar-refractivity contribution in [2.24, 2.45) is 0 Å². The molecule has 0 spiro atoms. The van der Waals surface area contributed by atoms with Crippen LogP contribution in [0.4, 0.5) is 5.69 Å². The van der Waals surface area contributed by atoms with Gasteiger partial charge in [0, 0.05) is 37.4 Å². The first kappa shape index (κ1) is 21.7. The molecule has 2 aromatic carbocycles. The van der Waals surface area contributed by atoms with Crippen LogP contribution in [-0.4, -0.2) is 24.9 Å². The maximum absolute atomic E-state index is 13.4. The molecule has 6 nitrogen and oxygen atoms in total. The van der Waals surface area contributed by atoms with Gasteiger partial charge in [0.15, 0.2) is 11.2 Å². The Morgan fingerprint density at radius 1 is 1.03 bits per heavy atom. The zero-order valence-corrected chi connectivity index (χ0v) is 18.8. The average molecular weight is 451 g/mol. The van der Waals surface area contributed by atoms with Crippen LogP contribution in [0, 0.1) is 6.92 Å². The second-order valence-electron chi connectivity index (χ2n) is 7.87. The fraction of sp³-hybridized carbons (Fsp3) is 0.200. The van der Waals surface area contributed by atoms with Gasteiger partial charge in [-0.1, -0.05) is 23.7 Å². The Morgan fingerprint density at radius 3 is 2.44 bits per heavy atom. The van der Waals surface area contributed by atoms with Gasteiger partial charge in [-0.25, -0.2) is 0 Å². The van der Waals surface area contributed by atoms with E-state index in [0.717, 1.165) is 16.8 Å². The lowest BCUT2D eigenvalue weighted by Crippen LogP contribution is -2.30. The molecule has 0 saturated carbocycles. The van der Waals surface area contributed by atoms with Crippen molar-refractivity contribution in [2.75, 3.05) is 19.0 Å². The summed E-state index contributed by atoms with van der Waals surface area (Å²) >= 11 is 6.14. The van der Waals surface area contributed by atoms with Crippen LogP contribution in [0.15, 0.2) is 74.5 Å². The van der Waals surface area contributed by atoms with Crippen LogP contribution in [-0.2, 0) is 13.1 Å². The molecule has 0 radical (unpaired) electrons. The van der Waals surface area contributed by atoms with Gasteiger partial charge in [-0.3, -0.25) is 9.59 Å². The second-order valence-corrected chi connectivity index (χ2v) is 8.28. The van der Waals surface area contributed by atoms with Crippen LogP contribution >= 0.6 is 11.6 Å². The molecule has 32 heavy (non-hydrogen) atoms. The van der Waals surface area contributed by atoms with Crippen LogP contribution in [0.25, 0.3) is 11.0 Å². The SMILES string of the molecule is Cc1cc2oc(C(=O)N(Cc3ccc(N(C)C)cc3)Cc3ccco3)cc(=O)c2cc1Cl. The summed E-state index contributed by atoms with van der Waals surface area (Å²) in [6.45, 7) is 2.38. The molecule has 1 amide bonds. The molecule has 0 atom stereocenters. The molecule has 0 N–H and O–H groups in total. The van der Waals surface area contributed by atoms with E-state index < -0.39 is 5.91 Å². The summed E-state index contributed by atoms with van der Waals surface area (Å²) in [6, 6.07) is 16.0. The number of carbonyl (C=O) groups is 1. The molecular formula is C25H23ClN2O4. The number of furan rings is 1. The Hall–Kier alpha value is -3.51. The third-order valence-corrected chi connectivity index (χ3v) is 5.67. The zero-order valence-electron chi connectivity index (χ0n) is 18.1. The van der Waals surface area contributed by atoms with Crippen LogP contribution in [0.1, 0.15) is 27.4 Å². The summed E-state index contributed by atoms with van der Waals surface area (Å²) in [7, 11) is 3.94. The minimum absolute atomic E-state index is 0.0271. The van der Waals surface area contributed by atoms with Gasteiger partial charge in [-0.05, 0) is 54.4 Å². The number of fused-ring (bicyclic) bond motifs is 1. The highest BCUT2D eigenvalue weighted by molar-refractivity contribution is 6.32. The highest BCUT2D eigenvalue weighted by Gasteiger charge is 2.22. The van der Waals surface area contributed by atoms with Crippen molar-refractivity contribution >= 4 is 34.2 Å². The van der Waals surface area contributed by atoms with Crippen molar-refractivity contribution in [3.63, 3.8) is 0 Å². The minimum atomic E-state index is -0.398. The molecule has 2 aromatic heterocycles. The summed E-state index contributed by atoms with van der Waals surface area (Å²) in [5.74, 6) is 0.208. The number of nitrogens with zero attached hydrogens (tertiary/aromatic N) is 2. The fourth-order valence-corrected chi connectivity index (χ4v) is 3.61. The van der Waals surface area contributed by atoms with Crippen molar-refractivity contribution in [1.29, 1.82) is 0 Å². The Bertz CT molecular complexity index is 1310. The predicted octanol–water partition coefficient (Wildman–Crippen LogP) is 5.26. The van der Waals surface area contributed by atoms with Crippen LogP contribution < -0.4 is 10.3 Å². The Morgan fingerprint density at radius 2 is 1.78 bits per heavy atom. The molecule has 164 valence electrons. The summed E-state index contributed by atoms with van der Waals surface area (Å²) in [6.07, 6.45) is 1.56. The number of amides is 1. The molecule has 0 aliphatic carbocycles. The standard InChI is InChI=1S/C25H23ClN2O4/c1-16-11-23-20(12-21(16)26)22(29)13-24(32-23)25(30)28(15-19-5-4-10-31-19)14-17-6-8-18(9-7-17)27(2)3/h4-13H,14-15H2,1-3H3. The number of benzene rings is 2. The van der Waals surface area contributed by atoms with Gasteiger partial charge in [-0.2, -0.15) is 0 Å². The molecule has 0 saturated heterocycles. The number of aryl methyl sites for hydroxylation is 1. The monoisotopic (exact) mass is 450 g/mol. The van der Waals surface area contributed by atoms with Gasteiger partial charge in [0.1, 0.15) is 11.3 Å². The number of hydrogen-bond donors (Lipinski definition) is 0. The molecule has 0 unspecified atom stereocenters. The third kappa shape index (κ3) is 4.55. The highest BCUT2D eigenvalue weighted by atomic mass is 35.5. The molecule has 0 bridgehead atoms. The molecular weight excluding hydrogens is 428 g/mol. The molecule has 4 aromatic rings. The summed E-state index contributed by atoms with van der Waals surface area (Å²) in [4.78, 5) is 29.7. The van der Waals surface area contributed by atoms with E-state index in [4.69, 9.17) is 20.4 Å². The van der Waals surface area contributed by atoms with Gasteiger partial charge < -0.3 is 18.6 Å². The normalized spacial score (nSPS) is 11.0. The number of halogens is 1. The first-order chi connectivity index (χ1) is 15.3. The topological polar surface area (TPSA) is 66.9 Å². The molecule has 2 heterocycles. The maximum atomic E-state index is 13.4. The first-order valence-corrected chi connectivity index (χ1v) is 10.5. The average Bonchev–Trinajstić information content (AvgIpc) is 3.27. The lowest BCUT2D eigenvalue weighted by Gasteiger charge is -2.22. The van der Waals surface area contributed by atoms with Gasteiger partial charge in [0.05, 0.1) is 18.2 Å². The maximum Gasteiger partial charge on any atom is 0.290 e. The largest absolute Gasteiger partial charge is 0.467 e. The van der Waals surface area contributed by atoms with E-state index in [1.165, 1.54) is 6.07 Å². The van der Waals surface area contributed by atoms with E-state index >= 15 is 0 Å². The molecule has 0 aliphatic heterocycles. The van der Waals surface area contributed by atoms with Crippen LogP contribution in [0.5, 0.6) is 0 Å².